The van der Waals surface area contributed by atoms with Crippen molar-refractivity contribution in [3.05, 3.63) is 28.0 Å². The summed E-state index contributed by atoms with van der Waals surface area (Å²) in [6.45, 7) is 5.80. The lowest BCUT2D eigenvalue weighted by atomic mass is 10.1. The minimum atomic E-state index is -0.648. The van der Waals surface area contributed by atoms with Gasteiger partial charge in [-0.2, -0.15) is 0 Å². The smallest absolute Gasteiger partial charge is 0.163 e. The molecule has 1 unspecified atom stereocenters. The molecular weight excluding hydrogens is 321 g/mol. The maximum absolute atomic E-state index is 6.00. The highest BCUT2D eigenvalue weighted by Gasteiger charge is 2.39. The SMILES string of the molecule is CC(=S)OC(c1cnc(Cl)c(Cl)c1)[C@@H]1COC(C)(C)O1. The zero-order chi connectivity index (χ0) is 14.9. The first-order valence-electron chi connectivity index (χ1n) is 6.08. The molecule has 0 amide bonds. The summed E-state index contributed by atoms with van der Waals surface area (Å²) in [5.74, 6) is -0.648. The molecule has 2 rings (SSSR count). The second-order valence-corrected chi connectivity index (χ2v) is 6.28. The number of ether oxygens (including phenoxy) is 3. The molecule has 1 fully saturated rings. The highest BCUT2D eigenvalue weighted by Crippen LogP contribution is 2.34. The first-order chi connectivity index (χ1) is 9.28. The maximum atomic E-state index is 6.00. The second-order valence-electron chi connectivity index (χ2n) is 4.94. The van der Waals surface area contributed by atoms with Crippen molar-refractivity contribution in [2.45, 2.75) is 38.8 Å². The van der Waals surface area contributed by atoms with Gasteiger partial charge in [-0.1, -0.05) is 23.2 Å². The Morgan fingerprint density at radius 3 is 2.75 bits per heavy atom. The van der Waals surface area contributed by atoms with E-state index in [1.807, 2.05) is 13.8 Å². The van der Waals surface area contributed by atoms with Crippen LogP contribution in [0.4, 0.5) is 0 Å². The summed E-state index contributed by atoms with van der Waals surface area (Å²) in [6, 6.07) is 1.70. The molecule has 110 valence electrons. The van der Waals surface area contributed by atoms with E-state index in [9.17, 15) is 0 Å². The number of halogens is 2. The van der Waals surface area contributed by atoms with E-state index < -0.39 is 11.9 Å². The summed E-state index contributed by atoms with van der Waals surface area (Å²) in [4.78, 5) is 4.03. The molecule has 2 atom stereocenters. The first-order valence-corrected chi connectivity index (χ1v) is 7.25. The van der Waals surface area contributed by atoms with E-state index in [1.165, 1.54) is 0 Å². The number of hydrogen-bond donors (Lipinski definition) is 0. The number of nitrogens with zero attached hydrogens (tertiary/aromatic N) is 1. The van der Waals surface area contributed by atoms with Crippen LogP contribution in [0.1, 0.15) is 32.4 Å². The average molecular weight is 336 g/mol. The minimum absolute atomic E-state index is 0.247. The fraction of sp³-hybridized carbons (Fsp3) is 0.538. The van der Waals surface area contributed by atoms with E-state index in [0.29, 0.717) is 16.7 Å². The molecule has 2 heterocycles. The molecule has 0 spiro atoms. The molecule has 1 saturated heterocycles. The topological polar surface area (TPSA) is 40.6 Å². The summed E-state index contributed by atoms with van der Waals surface area (Å²) in [6.07, 6.45) is 0.879. The third-order valence-electron chi connectivity index (χ3n) is 2.81. The Bertz CT molecular complexity index is 524. The van der Waals surface area contributed by atoms with Crippen molar-refractivity contribution < 1.29 is 14.2 Å². The van der Waals surface area contributed by atoms with Crippen LogP contribution < -0.4 is 0 Å². The predicted octanol–water partition coefficient (Wildman–Crippen LogP) is 3.94. The summed E-state index contributed by atoms with van der Waals surface area (Å²) in [7, 11) is 0. The van der Waals surface area contributed by atoms with Gasteiger partial charge in [-0.05, 0) is 32.1 Å². The zero-order valence-electron chi connectivity index (χ0n) is 11.4. The monoisotopic (exact) mass is 335 g/mol. The Morgan fingerprint density at radius 1 is 1.55 bits per heavy atom. The Kier molecular flexibility index (Phi) is 4.87. The molecule has 1 aliphatic heterocycles. The van der Waals surface area contributed by atoms with Crippen molar-refractivity contribution in [3.8, 4) is 0 Å². The lowest BCUT2D eigenvalue weighted by Gasteiger charge is -2.25. The normalized spacial score (nSPS) is 22.6. The van der Waals surface area contributed by atoms with Gasteiger partial charge in [0.2, 0.25) is 0 Å². The third kappa shape index (κ3) is 3.80. The highest BCUT2D eigenvalue weighted by molar-refractivity contribution is 7.80. The van der Waals surface area contributed by atoms with Gasteiger partial charge in [-0.3, -0.25) is 0 Å². The van der Waals surface area contributed by atoms with E-state index in [0.717, 1.165) is 5.56 Å². The molecule has 0 saturated carbocycles. The first kappa shape index (κ1) is 15.9. The van der Waals surface area contributed by atoms with Crippen LogP contribution in [0.25, 0.3) is 0 Å². The van der Waals surface area contributed by atoms with Crippen molar-refractivity contribution in [1.82, 2.24) is 4.98 Å². The van der Waals surface area contributed by atoms with Crippen LogP contribution in [0, 0.1) is 0 Å². The molecule has 1 aliphatic rings. The zero-order valence-corrected chi connectivity index (χ0v) is 13.7. The molecule has 0 radical (unpaired) electrons. The van der Waals surface area contributed by atoms with E-state index in [1.54, 1.807) is 19.2 Å². The largest absolute Gasteiger partial charge is 0.477 e. The minimum Gasteiger partial charge on any atom is -0.477 e. The average Bonchev–Trinajstić information content (AvgIpc) is 2.70. The number of rotatable bonds is 3. The molecule has 1 aromatic heterocycles. The van der Waals surface area contributed by atoms with Crippen molar-refractivity contribution >= 4 is 40.5 Å². The summed E-state index contributed by atoms with van der Waals surface area (Å²) in [5, 5.41) is 1.02. The van der Waals surface area contributed by atoms with E-state index in [-0.39, 0.29) is 11.3 Å². The van der Waals surface area contributed by atoms with Gasteiger partial charge in [0.1, 0.15) is 11.3 Å². The van der Waals surface area contributed by atoms with Gasteiger partial charge in [-0.15, -0.1) is 0 Å². The van der Waals surface area contributed by atoms with Gasteiger partial charge in [-0.25, -0.2) is 4.98 Å². The van der Waals surface area contributed by atoms with Gasteiger partial charge >= 0.3 is 0 Å². The fourth-order valence-electron chi connectivity index (χ4n) is 1.99. The van der Waals surface area contributed by atoms with Gasteiger partial charge in [0.25, 0.3) is 0 Å². The summed E-state index contributed by atoms with van der Waals surface area (Å²) in [5.41, 5.74) is 0.745. The molecule has 0 bridgehead atoms. The molecule has 20 heavy (non-hydrogen) atoms. The lowest BCUT2D eigenvalue weighted by molar-refractivity contribution is -0.150. The molecule has 1 aromatic rings. The standard InChI is InChI=1S/C13H15Cl2NO3S/c1-7(20)18-11(10-6-17-13(2,3)19-10)8-4-9(14)12(15)16-5-8/h4-5,10-11H,6H2,1-3H3/t10-,11?/m0/s1. The van der Waals surface area contributed by atoms with Crippen LogP contribution in [-0.4, -0.2) is 28.5 Å². The third-order valence-corrected chi connectivity index (χ3v) is 3.59. The number of pyridine rings is 1. The van der Waals surface area contributed by atoms with Crippen molar-refractivity contribution in [3.63, 3.8) is 0 Å². The van der Waals surface area contributed by atoms with Crippen molar-refractivity contribution in [2.24, 2.45) is 0 Å². The quantitative estimate of drug-likeness (QED) is 0.618. The van der Waals surface area contributed by atoms with E-state index >= 15 is 0 Å². The van der Waals surface area contributed by atoms with Gasteiger partial charge in [0.05, 0.1) is 11.6 Å². The van der Waals surface area contributed by atoms with E-state index in [2.05, 4.69) is 4.98 Å². The van der Waals surface area contributed by atoms with Gasteiger partial charge in [0.15, 0.2) is 16.9 Å². The maximum Gasteiger partial charge on any atom is 0.163 e. The molecule has 4 nitrogen and oxygen atoms in total. The van der Waals surface area contributed by atoms with Crippen LogP contribution in [0.15, 0.2) is 12.3 Å². The fourth-order valence-corrected chi connectivity index (χ4v) is 2.38. The van der Waals surface area contributed by atoms with Crippen molar-refractivity contribution in [1.29, 1.82) is 0 Å². The van der Waals surface area contributed by atoms with Crippen LogP contribution in [0.2, 0.25) is 10.2 Å². The van der Waals surface area contributed by atoms with Crippen LogP contribution in [0.5, 0.6) is 0 Å². The molecule has 0 aliphatic carbocycles. The number of aromatic nitrogens is 1. The molecular formula is C13H15Cl2NO3S. The van der Waals surface area contributed by atoms with Crippen LogP contribution in [0.3, 0.4) is 0 Å². The van der Waals surface area contributed by atoms with Crippen LogP contribution in [-0.2, 0) is 14.2 Å². The second kappa shape index (κ2) is 6.12. The number of thiocarbonyl (C=S) groups is 1. The van der Waals surface area contributed by atoms with Gasteiger partial charge < -0.3 is 14.2 Å². The Morgan fingerprint density at radius 2 is 2.25 bits per heavy atom. The molecule has 0 aromatic carbocycles. The van der Waals surface area contributed by atoms with Crippen molar-refractivity contribution in [2.75, 3.05) is 6.61 Å². The molecule has 7 heteroatoms. The summed E-state index contributed by atoms with van der Waals surface area (Å²) < 4.78 is 17.1. The lowest BCUT2D eigenvalue weighted by Crippen LogP contribution is -2.28. The Labute approximate surface area is 133 Å². The Hall–Kier alpha value is -0.460. The van der Waals surface area contributed by atoms with Gasteiger partial charge in [0, 0.05) is 18.7 Å². The number of hydrogen-bond acceptors (Lipinski definition) is 5. The highest BCUT2D eigenvalue weighted by atomic mass is 35.5. The van der Waals surface area contributed by atoms with Crippen LogP contribution >= 0.6 is 35.4 Å². The Balaban J connectivity index is 2.27. The predicted molar refractivity (Wildman–Crippen MR) is 81.3 cm³/mol. The molecule has 0 N–H and O–H groups in total. The van der Waals surface area contributed by atoms with E-state index in [4.69, 9.17) is 49.6 Å². The summed E-state index contributed by atoms with van der Waals surface area (Å²) >= 11 is 16.9.